The molecule has 0 saturated heterocycles. The van der Waals surface area contributed by atoms with Crippen LogP contribution in [0.15, 0.2) is 50.0 Å². The molecule has 2 aromatic rings. The third kappa shape index (κ3) is 4.08. The third-order valence-corrected chi connectivity index (χ3v) is 3.36. The lowest BCUT2D eigenvalue weighted by Crippen LogP contribution is -2.08. The highest BCUT2D eigenvalue weighted by molar-refractivity contribution is 9.10. The Hall–Kier alpha value is -1.33. The molecule has 1 aromatic heterocycles. The number of halogens is 2. The van der Waals surface area contributed by atoms with E-state index in [1.807, 2.05) is 25.1 Å². The molecule has 98 valence electrons. The zero-order valence-corrected chi connectivity index (χ0v) is 13.3. The first-order chi connectivity index (χ1) is 9.04. The SMILES string of the molecule is Cc1cc(Br)ccc1NC(=O)/C=C/c1ccc(Br)o1. The standard InChI is InChI=1S/C14H11Br2NO2/c1-9-8-10(15)2-5-12(9)17-14(18)7-4-11-3-6-13(16)19-11/h2-8H,1H3,(H,17,18)/b7-4+. The molecule has 0 unspecified atom stereocenters. The Bertz CT molecular complexity index is 632. The lowest BCUT2D eigenvalue weighted by molar-refractivity contribution is -0.111. The molecule has 0 fully saturated rings. The van der Waals surface area contributed by atoms with Crippen LogP contribution < -0.4 is 5.32 Å². The molecule has 19 heavy (non-hydrogen) atoms. The molecule has 0 radical (unpaired) electrons. The normalized spacial score (nSPS) is 10.9. The number of anilines is 1. The Kier molecular flexibility index (Phi) is 4.61. The van der Waals surface area contributed by atoms with Crippen molar-refractivity contribution in [2.75, 3.05) is 5.32 Å². The number of aryl methyl sites for hydroxylation is 1. The predicted molar refractivity (Wildman–Crippen MR) is 83.0 cm³/mol. The minimum absolute atomic E-state index is 0.196. The molecule has 2 rings (SSSR count). The van der Waals surface area contributed by atoms with Gasteiger partial charge in [0.05, 0.1) is 0 Å². The number of benzene rings is 1. The molecule has 1 N–H and O–H groups in total. The van der Waals surface area contributed by atoms with E-state index < -0.39 is 0 Å². The summed E-state index contributed by atoms with van der Waals surface area (Å²) in [5.74, 6) is 0.424. The van der Waals surface area contributed by atoms with Crippen molar-refractivity contribution in [3.05, 3.63) is 56.9 Å². The maximum Gasteiger partial charge on any atom is 0.248 e. The number of furan rings is 1. The van der Waals surface area contributed by atoms with E-state index in [0.717, 1.165) is 15.7 Å². The van der Waals surface area contributed by atoms with Gasteiger partial charge >= 0.3 is 0 Å². The van der Waals surface area contributed by atoms with Gasteiger partial charge in [0, 0.05) is 16.2 Å². The Morgan fingerprint density at radius 3 is 2.68 bits per heavy atom. The summed E-state index contributed by atoms with van der Waals surface area (Å²) in [6.45, 7) is 1.94. The van der Waals surface area contributed by atoms with Gasteiger partial charge in [-0.05, 0) is 64.8 Å². The summed E-state index contributed by atoms with van der Waals surface area (Å²) in [5, 5.41) is 2.81. The van der Waals surface area contributed by atoms with Gasteiger partial charge in [-0.1, -0.05) is 15.9 Å². The summed E-state index contributed by atoms with van der Waals surface area (Å²) < 4.78 is 6.89. The van der Waals surface area contributed by atoms with E-state index in [2.05, 4.69) is 37.2 Å². The minimum Gasteiger partial charge on any atom is -0.450 e. The first kappa shape index (κ1) is 14.1. The Morgan fingerprint density at radius 1 is 1.26 bits per heavy atom. The fourth-order valence-corrected chi connectivity index (χ4v) is 2.31. The van der Waals surface area contributed by atoms with Crippen LogP contribution in [-0.2, 0) is 4.79 Å². The predicted octanol–water partition coefficient (Wildman–Crippen LogP) is 4.76. The van der Waals surface area contributed by atoms with Gasteiger partial charge in [0.15, 0.2) is 4.67 Å². The van der Waals surface area contributed by atoms with Crippen molar-refractivity contribution in [2.24, 2.45) is 0 Å². The topological polar surface area (TPSA) is 42.2 Å². The molecule has 1 aromatic carbocycles. The maximum atomic E-state index is 11.8. The van der Waals surface area contributed by atoms with Crippen LogP contribution in [0.1, 0.15) is 11.3 Å². The molecule has 5 heteroatoms. The Morgan fingerprint density at radius 2 is 2.05 bits per heavy atom. The molecule has 0 bridgehead atoms. The third-order valence-electron chi connectivity index (χ3n) is 2.44. The van der Waals surface area contributed by atoms with Crippen molar-refractivity contribution >= 4 is 49.5 Å². The highest BCUT2D eigenvalue weighted by atomic mass is 79.9. The van der Waals surface area contributed by atoms with E-state index >= 15 is 0 Å². The molecule has 0 atom stereocenters. The van der Waals surface area contributed by atoms with E-state index in [1.54, 1.807) is 18.2 Å². The van der Waals surface area contributed by atoms with E-state index in [0.29, 0.717) is 10.4 Å². The number of hydrogen-bond acceptors (Lipinski definition) is 2. The molecule has 0 aliphatic carbocycles. The van der Waals surface area contributed by atoms with Crippen molar-refractivity contribution in [1.82, 2.24) is 0 Å². The van der Waals surface area contributed by atoms with Crippen LogP contribution in [0, 0.1) is 6.92 Å². The molecular weight excluding hydrogens is 374 g/mol. The van der Waals surface area contributed by atoms with Gasteiger partial charge in [-0.3, -0.25) is 4.79 Å². The summed E-state index contributed by atoms with van der Waals surface area (Å²) in [6, 6.07) is 9.24. The van der Waals surface area contributed by atoms with Crippen LogP contribution in [0.2, 0.25) is 0 Å². The Balaban J connectivity index is 2.03. The molecule has 1 amide bonds. The van der Waals surface area contributed by atoms with Gasteiger partial charge in [-0.2, -0.15) is 0 Å². The van der Waals surface area contributed by atoms with Gasteiger partial charge in [-0.15, -0.1) is 0 Å². The lowest BCUT2D eigenvalue weighted by Gasteiger charge is -2.06. The quantitative estimate of drug-likeness (QED) is 0.774. The first-order valence-electron chi connectivity index (χ1n) is 5.55. The first-order valence-corrected chi connectivity index (χ1v) is 7.14. The summed E-state index contributed by atoms with van der Waals surface area (Å²) >= 11 is 6.59. The number of hydrogen-bond donors (Lipinski definition) is 1. The Labute approximate surface area is 127 Å². The number of carbonyl (C=O) groups is 1. The largest absolute Gasteiger partial charge is 0.450 e. The summed E-state index contributed by atoms with van der Waals surface area (Å²) in [7, 11) is 0. The lowest BCUT2D eigenvalue weighted by atomic mass is 10.2. The zero-order chi connectivity index (χ0) is 13.8. The highest BCUT2D eigenvalue weighted by Crippen LogP contribution is 2.20. The molecule has 1 heterocycles. The van der Waals surface area contributed by atoms with Crippen molar-refractivity contribution in [1.29, 1.82) is 0 Å². The van der Waals surface area contributed by atoms with Crippen LogP contribution in [0.4, 0.5) is 5.69 Å². The van der Waals surface area contributed by atoms with Gasteiger partial charge in [0.1, 0.15) is 5.76 Å². The van der Waals surface area contributed by atoms with Gasteiger partial charge < -0.3 is 9.73 Å². The van der Waals surface area contributed by atoms with Crippen molar-refractivity contribution in [2.45, 2.75) is 6.92 Å². The molecular formula is C14H11Br2NO2. The number of nitrogens with one attached hydrogen (secondary N) is 1. The van der Waals surface area contributed by atoms with E-state index in [1.165, 1.54) is 6.08 Å². The molecule has 0 aliphatic rings. The second-order valence-corrected chi connectivity index (χ2v) is 5.62. The van der Waals surface area contributed by atoms with Crippen LogP contribution in [0.5, 0.6) is 0 Å². The summed E-state index contributed by atoms with van der Waals surface area (Å²) in [4.78, 5) is 11.8. The molecule has 0 aliphatic heterocycles. The van der Waals surface area contributed by atoms with E-state index in [4.69, 9.17) is 4.42 Å². The van der Waals surface area contributed by atoms with Crippen molar-refractivity contribution in [3.63, 3.8) is 0 Å². The minimum atomic E-state index is -0.196. The number of rotatable bonds is 3. The average Bonchev–Trinajstić information content (AvgIpc) is 2.76. The van der Waals surface area contributed by atoms with Gasteiger partial charge in [0.25, 0.3) is 0 Å². The van der Waals surface area contributed by atoms with E-state index in [-0.39, 0.29) is 5.91 Å². The van der Waals surface area contributed by atoms with E-state index in [9.17, 15) is 4.79 Å². The maximum absolute atomic E-state index is 11.8. The smallest absolute Gasteiger partial charge is 0.248 e. The number of amides is 1. The van der Waals surface area contributed by atoms with Gasteiger partial charge in [-0.25, -0.2) is 0 Å². The monoisotopic (exact) mass is 383 g/mol. The zero-order valence-electron chi connectivity index (χ0n) is 10.1. The highest BCUT2D eigenvalue weighted by Gasteiger charge is 2.02. The van der Waals surface area contributed by atoms with Crippen molar-refractivity contribution < 1.29 is 9.21 Å². The van der Waals surface area contributed by atoms with Crippen LogP contribution in [-0.4, -0.2) is 5.91 Å². The fraction of sp³-hybridized carbons (Fsp3) is 0.0714. The average molecular weight is 385 g/mol. The van der Waals surface area contributed by atoms with Gasteiger partial charge in [0.2, 0.25) is 5.91 Å². The van der Waals surface area contributed by atoms with Crippen LogP contribution >= 0.6 is 31.9 Å². The fourth-order valence-electron chi connectivity index (χ4n) is 1.52. The molecule has 3 nitrogen and oxygen atoms in total. The van der Waals surface area contributed by atoms with Crippen LogP contribution in [0.3, 0.4) is 0 Å². The van der Waals surface area contributed by atoms with Crippen LogP contribution in [0.25, 0.3) is 6.08 Å². The summed E-state index contributed by atoms with van der Waals surface area (Å²) in [5.41, 5.74) is 1.79. The molecule has 0 spiro atoms. The number of carbonyl (C=O) groups excluding carboxylic acids is 1. The molecule has 0 saturated carbocycles. The second-order valence-electron chi connectivity index (χ2n) is 3.92. The van der Waals surface area contributed by atoms with Crippen molar-refractivity contribution in [3.8, 4) is 0 Å². The summed E-state index contributed by atoms with van der Waals surface area (Å²) in [6.07, 6.45) is 3.06. The second kappa shape index (κ2) is 6.21.